The third-order valence-electron chi connectivity index (χ3n) is 5.31. The molecule has 0 aliphatic heterocycles. The van der Waals surface area contributed by atoms with Crippen LogP contribution in [0, 0.1) is 0 Å². The zero-order valence-electron chi connectivity index (χ0n) is 16.8. The number of hydrogen-bond donors (Lipinski definition) is 3. The first-order valence-corrected chi connectivity index (χ1v) is 11.0. The molecule has 0 bridgehead atoms. The summed E-state index contributed by atoms with van der Waals surface area (Å²) in [5.41, 5.74) is 7.31. The molecule has 4 rings (SSSR count). The molecule has 158 valence electrons. The number of nitrogens with two attached hydrogens (primary N) is 1. The highest BCUT2D eigenvalue weighted by molar-refractivity contribution is 7.86. The number of ketones is 2. The van der Waals surface area contributed by atoms with Gasteiger partial charge in [-0.25, -0.2) is 0 Å². The first-order valence-electron chi connectivity index (χ1n) is 9.59. The lowest BCUT2D eigenvalue weighted by molar-refractivity contribution is 0.0980. The standard InChI is InChI=1S/C23H20N2O5S/c1-12(2)13-6-5-7-14(10-13)25-17-11-18(31(28,29)30)21(24)20-19(17)22(26)15-8-3-4-9-16(15)23(20)27/h3-12,25H,24H2,1-2H3,(H,28,29,30). The Kier molecular flexibility index (Phi) is 4.91. The second-order valence-electron chi connectivity index (χ2n) is 7.67. The molecule has 0 unspecified atom stereocenters. The average Bonchev–Trinajstić information content (AvgIpc) is 2.72. The van der Waals surface area contributed by atoms with Gasteiger partial charge in [0.2, 0.25) is 0 Å². The normalized spacial score (nSPS) is 13.2. The van der Waals surface area contributed by atoms with Gasteiger partial charge in [-0.3, -0.25) is 14.1 Å². The van der Waals surface area contributed by atoms with Crippen LogP contribution in [0.15, 0.2) is 59.5 Å². The van der Waals surface area contributed by atoms with Crippen molar-refractivity contribution < 1.29 is 22.6 Å². The molecule has 1 aliphatic rings. The molecule has 0 fully saturated rings. The number of carbonyl (C=O) groups is 2. The summed E-state index contributed by atoms with van der Waals surface area (Å²) in [5, 5.41) is 3.04. The number of fused-ring (bicyclic) bond motifs is 2. The van der Waals surface area contributed by atoms with Crippen LogP contribution >= 0.6 is 0 Å². The number of carbonyl (C=O) groups excluding carboxylic acids is 2. The van der Waals surface area contributed by atoms with E-state index in [9.17, 15) is 22.6 Å². The molecule has 0 radical (unpaired) electrons. The molecule has 7 nitrogen and oxygen atoms in total. The molecular formula is C23H20N2O5S. The van der Waals surface area contributed by atoms with Crippen molar-refractivity contribution in [2.24, 2.45) is 0 Å². The minimum absolute atomic E-state index is 0.0245. The molecule has 0 aromatic heterocycles. The van der Waals surface area contributed by atoms with Crippen LogP contribution in [0.3, 0.4) is 0 Å². The molecule has 3 aromatic carbocycles. The molecule has 0 amide bonds. The Morgan fingerprint density at radius 2 is 1.52 bits per heavy atom. The summed E-state index contributed by atoms with van der Waals surface area (Å²) in [5.74, 6) is -0.793. The van der Waals surface area contributed by atoms with Crippen molar-refractivity contribution >= 4 is 38.7 Å². The molecular weight excluding hydrogens is 416 g/mol. The molecule has 31 heavy (non-hydrogen) atoms. The highest BCUT2D eigenvalue weighted by atomic mass is 32.2. The second kappa shape index (κ2) is 7.33. The van der Waals surface area contributed by atoms with Gasteiger partial charge in [-0.05, 0) is 29.7 Å². The zero-order chi connectivity index (χ0) is 22.5. The van der Waals surface area contributed by atoms with E-state index in [1.54, 1.807) is 18.2 Å². The Hall–Kier alpha value is -3.49. The molecule has 3 aromatic rings. The molecule has 4 N–H and O–H groups in total. The molecule has 1 aliphatic carbocycles. The van der Waals surface area contributed by atoms with E-state index in [-0.39, 0.29) is 33.9 Å². The fourth-order valence-corrected chi connectivity index (χ4v) is 4.38. The lowest BCUT2D eigenvalue weighted by Gasteiger charge is -2.23. The van der Waals surface area contributed by atoms with Crippen molar-refractivity contribution in [1.29, 1.82) is 0 Å². The van der Waals surface area contributed by atoms with Crippen LogP contribution in [-0.4, -0.2) is 24.5 Å². The van der Waals surface area contributed by atoms with Crippen LogP contribution in [0.2, 0.25) is 0 Å². The highest BCUT2D eigenvalue weighted by Crippen LogP contribution is 2.40. The molecule has 8 heteroatoms. The SMILES string of the molecule is CC(C)c1cccc(Nc2cc(S(=O)(=O)O)c(N)c3c2C(=O)c2ccccc2C3=O)c1. The van der Waals surface area contributed by atoms with Crippen LogP contribution in [0.25, 0.3) is 0 Å². The van der Waals surface area contributed by atoms with Gasteiger partial charge in [0.1, 0.15) is 4.90 Å². The third-order valence-corrected chi connectivity index (χ3v) is 6.20. The smallest absolute Gasteiger partial charge is 0.296 e. The van der Waals surface area contributed by atoms with Crippen LogP contribution < -0.4 is 11.1 Å². The Morgan fingerprint density at radius 3 is 2.10 bits per heavy atom. The van der Waals surface area contributed by atoms with Gasteiger partial charge < -0.3 is 11.1 Å². The van der Waals surface area contributed by atoms with Crippen molar-refractivity contribution in [2.45, 2.75) is 24.7 Å². The van der Waals surface area contributed by atoms with Crippen LogP contribution in [0.5, 0.6) is 0 Å². The molecule has 0 spiro atoms. The Bertz CT molecular complexity index is 1360. The number of anilines is 3. The predicted molar refractivity (Wildman–Crippen MR) is 118 cm³/mol. The molecule has 0 saturated carbocycles. The number of nitrogens with one attached hydrogen (secondary N) is 1. The largest absolute Gasteiger partial charge is 0.397 e. The summed E-state index contributed by atoms with van der Waals surface area (Å²) in [6.45, 7) is 4.06. The number of hydrogen-bond acceptors (Lipinski definition) is 6. The van der Waals surface area contributed by atoms with E-state index in [0.29, 0.717) is 5.69 Å². The molecule has 0 atom stereocenters. The topological polar surface area (TPSA) is 127 Å². The monoisotopic (exact) mass is 436 g/mol. The van der Waals surface area contributed by atoms with Crippen molar-refractivity contribution in [1.82, 2.24) is 0 Å². The number of nitrogen functional groups attached to an aromatic ring is 1. The van der Waals surface area contributed by atoms with Gasteiger partial charge in [0.25, 0.3) is 10.1 Å². The maximum Gasteiger partial charge on any atom is 0.296 e. The highest BCUT2D eigenvalue weighted by Gasteiger charge is 2.36. The van der Waals surface area contributed by atoms with Crippen molar-refractivity contribution in [3.63, 3.8) is 0 Å². The van der Waals surface area contributed by atoms with Gasteiger partial charge in [0.05, 0.1) is 22.5 Å². The van der Waals surface area contributed by atoms with Gasteiger partial charge in [-0.15, -0.1) is 0 Å². The quantitative estimate of drug-likeness (QED) is 0.324. The van der Waals surface area contributed by atoms with E-state index in [2.05, 4.69) is 5.32 Å². The van der Waals surface area contributed by atoms with Crippen molar-refractivity contribution in [3.8, 4) is 0 Å². The second-order valence-corrected chi connectivity index (χ2v) is 9.06. The van der Waals surface area contributed by atoms with Crippen molar-refractivity contribution in [3.05, 3.63) is 82.4 Å². The fraction of sp³-hybridized carbons (Fsp3) is 0.130. The summed E-state index contributed by atoms with van der Waals surface area (Å²) in [4.78, 5) is 25.8. The van der Waals surface area contributed by atoms with E-state index < -0.39 is 32.3 Å². The maximum atomic E-state index is 13.3. The Morgan fingerprint density at radius 1 is 0.903 bits per heavy atom. The predicted octanol–water partition coefficient (Wildman–Crippen LogP) is 4.16. The molecule has 0 heterocycles. The average molecular weight is 436 g/mol. The van der Waals surface area contributed by atoms with E-state index in [0.717, 1.165) is 11.6 Å². The van der Waals surface area contributed by atoms with E-state index >= 15 is 0 Å². The van der Waals surface area contributed by atoms with E-state index in [4.69, 9.17) is 5.73 Å². The van der Waals surface area contributed by atoms with Crippen LogP contribution in [-0.2, 0) is 10.1 Å². The van der Waals surface area contributed by atoms with Crippen molar-refractivity contribution in [2.75, 3.05) is 11.1 Å². The molecule has 0 saturated heterocycles. The third kappa shape index (κ3) is 3.49. The van der Waals surface area contributed by atoms with Crippen LogP contribution in [0.1, 0.15) is 57.2 Å². The van der Waals surface area contributed by atoms with Gasteiger partial charge in [-0.1, -0.05) is 50.2 Å². The number of benzene rings is 3. The van der Waals surface area contributed by atoms with E-state index in [1.807, 2.05) is 32.0 Å². The maximum absolute atomic E-state index is 13.3. The lowest BCUT2D eigenvalue weighted by atomic mass is 9.82. The first-order chi connectivity index (χ1) is 14.6. The lowest BCUT2D eigenvalue weighted by Crippen LogP contribution is -2.25. The van der Waals surface area contributed by atoms with Gasteiger partial charge in [-0.2, -0.15) is 8.42 Å². The summed E-state index contributed by atoms with van der Waals surface area (Å²) >= 11 is 0. The Balaban J connectivity index is 1.99. The first kappa shape index (κ1) is 20.8. The summed E-state index contributed by atoms with van der Waals surface area (Å²) in [6.07, 6.45) is 0. The minimum Gasteiger partial charge on any atom is -0.397 e. The summed E-state index contributed by atoms with van der Waals surface area (Å²) in [7, 11) is -4.75. The Labute approximate surface area is 179 Å². The van der Waals surface area contributed by atoms with Crippen LogP contribution in [0.4, 0.5) is 17.1 Å². The van der Waals surface area contributed by atoms with Gasteiger partial charge >= 0.3 is 0 Å². The van der Waals surface area contributed by atoms with E-state index in [1.165, 1.54) is 12.1 Å². The summed E-state index contributed by atoms with van der Waals surface area (Å²) < 4.78 is 33.6. The minimum atomic E-state index is -4.75. The van der Waals surface area contributed by atoms with Gasteiger partial charge in [0, 0.05) is 16.8 Å². The van der Waals surface area contributed by atoms with Gasteiger partial charge in [0.15, 0.2) is 11.6 Å². The number of rotatable bonds is 4. The fourth-order valence-electron chi connectivity index (χ4n) is 3.74. The summed E-state index contributed by atoms with van der Waals surface area (Å²) in [6, 6.07) is 14.7. The zero-order valence-corrected chi connectivity index (χ0v) is 17.7.